The van der Waals surface area contributed by atoms with Crippen molar-refractivity contribution in [2.45, 2.75) is 52.4 Å². The molecule has 0 saturated carbocycles. The van der Waals surface area contributed by atoms with Crippen LogP contribution in [-0.4, -0.2) is 32.6 Å². The van der Waals surface area contributed by atoms with Crippen LogP contribution in [0.1, 0.15) is 52.7 Å². The molecule has 0 radical (unpaired) electrons. The Balaban J connectivity index is 1.23. The predicted octanol–water partition coefficient (Wildman–Crippen LogP) is 8.11. The third-order valence-corrected chi connectivity index (χ3v) is 15.4. The van der Waals surface area contributed by atoms with Crippen LogP contribution in [0.4, 0.5) is 0 Å². The Morgan fingerprint density at radius 1 is 0.585 bits per heavy atom. The van der Waals surface area contributed by atoms with E-state index in [1.54, 1.807) is 0 Å². The van der Waals surface area contributed by atoms with Crippen LogP contribution in [0.15, 0.2) is 140 Å². The van der Waals surface area contributed by atoms with Gasteiger partial charge in [0.1, 0.15) is 17.3 Å². The molecule has 6 nitrogen and oxygen atoms in total. The van der Waals surface area contributed by atoms with E-state index >= 15 is 0 Å². The Morgan fingerprint density at radius 3 is 2.00 bits per heavy atom. The molecule has 0 unspecified atom stereocenters. The molecule has 5 aromatic heterocycles. The van der Waals surface area contributed by atoms with E-state index in [0.29, 0.717) is 11.5 Å². The normalized spacial score (nSPS) is 13.6. The highest BCUT2D eigenvalue weighted by Gasteiger charge is 2.53. The predicted molar refractivity (Wildman–Crippen MR) is 218 cm³/mol. The largest absolute Gasteiger partial charge is 0.456 e. The number of hydrogen-bond donors (Lipinski definition) is 0. The van der Waals surface area contributed by atoms with Gasteiger partial charge in [-0.15, -0.1) is 0 Å². The topological polar surface area (TPSA) is 65.7 Å². The maximum Gasteiger partial charge on any atom is 0.205 e. The molecule has 260 valence electrons. The minimum atomic E-state index is -2.86. The van der Waals surface area contributed by atoms with Gasteiger partial charge in [0.05, 0.1) is 22.9 Å². The van der Waals surface area contributed by atoms with Gasteiger partial charge >= 0.3 is 0 Å². The Labute approximate surface area is 311 Å². The quantitative estimate of drug-likeness (QED) is 0.169. The number of aromatic nitrogens is 5. The average Bonchev–Trinajstić information content (AvgIpc) is 3.65. The van der Waals surface area contributed by atoms with Gasteiger partial charge in [-0.25, -0.2) is 4.98 Å². The number of nitrogens with zero attached hydrogens (tertiary/aromatic N) is 5. The second-order valence-corrected chi connectivity index (χ2v) is 19.7. The monoisotopic (exact) mass is 707 g/mol. The van der Waals surface area contributed by atoms with Crippen molar-refractivity contribution >= 4 is 50.8 Å². The molecule has 0 fully saturated rings. The van der Waals surface area contributed by atoms with E-state index in [-0.39, 0.29) is 10.8 Å². The number of hydrogen-bond acceptors (Lipinski definition) is 5. The van der Waals surface area contributed by atoms with Crippen LogP contribution in [0.5, 0.6) is 11.5 Å². The molecule has 3 aromatic carbocycles. The molecule has 9 rings (SSSR count). The van der Waals surface area contributed by atoms with Gasteiger partial charge in [-0.2, -0.15) is 0 Å². The van der Waals surface area contributed by atoms with E-state index in [1.165, 1.54) is 26.7 Å². The highest BCUT2D eigenvalue weighted by molar-refractivity contribution is 7.22. The summed E-state index contributed by atoms with van der Waals surface area (Å²) in [6.07, 6.45) is 9.52. The molecular formula is C46H41N5OSi. The summed E-state index contributed by atoms with van der Waals surface area (Å²) in [6.45, 7) is 13.6. The van der Waals surface area contributed by atoms with E-state index in [0.717, 1.165) is 44.2 Å². The number of rotatable bonds is 5. The van der Waals surface area contributed by atoms with Crippen LogP contribution in [0.3, 0.4) is 0 Å². The van der Waals surface area contributed by atoms with E-state index in [9.17, 15) is 0 Å². The van der Waals surface area contributed by atoms with Crippen LogP contribution in [0, 0.1) is 0 Å². The van der Waals surface area contributed by atoms with Crippen molar-refractivity contribution in [1.29, 1.82) is 0 Å². The van der Waals surface area contributed by atoms with E-state index in [4.69, 9.17) is 19.7 Å². The minimum Gasteiger partial charge on any atom is -0.456 e. The zero-order chi connectivity index (χ0) is 36.5. The molecule has 0 amide bonds. The van der Waals surface area contributed by atoms with Gasteiger partial charge in [-0.05, 0) is 80.0 Å². The fraction of sp³-hybridized carbons (Fsp3) is 0.174. The summed E-state index contributed by atoms with van der Waals surface area (Å²) in [4.78, 5) is 19.8. The number of pyridine rings is 4. The summed E-state index contributed by atoms with van der Waals surface area (Å²) in [5, 5.41) is 7.15. The number of fused-ring (bicyclic) bond motifs is 6. The zero-order valence-electron chi connectivity index (χ0n) is 30.9. The lowest BCUT2D eigenvalue weighted by atomic mass is 9.87. The average molecular weight is 708 g/mol. The first-order chi connectivity index (χ1) is 25.5. The van der Waals surface area contributed by atoms with E-state index in [1.807, 2.05) is 37.1 Å². The molecular weight excluding hydrogens is 667 g/mol. The summed E-state index contributed by atoms with van der Waals surface area (Å²) >= 11 is 0. The van der Waals surface area contributed by atoms with Gasteiger partial charge < -0.3 is 4.74 Å². The number of benzene rings is 3. The van der Waals surface area contributed by atoms with Gasteiger partial charge in [0.2, 0.25) is 8.07 Å². The Bertz CT molecular complexity index is 2630. The van der Waals surface area contributed by atoms with Crippen LogP contribution in [0.25, 0.3) is 38.9 Å². The van der Waals surface area contributed by atoms with Gasteiger partial charge in [-0.3, -0.25) is 19.5 Å². The van der Waals surface area contributed by atoms with Crippen LogP contribution < -0.4 is 25.6 Å². The lowest BCUT2D eigenvalue weighted by Gasteiger charge is -2.34. The highest BCUT2D eigenvalue weighted by atomic mass is 28.3. The van der Waals surface area contributed by atoms with Crippen molar-refractivity contribution in [2.75, 3.05) is 0 Å². The second kappa shape index (κ2) is 12.1. The molecule has 1 aliphatic rings. The van der Waals surface area contributed by atoms with Crippen LogP contribution in [-0.2, 0) is 10.8 Å². The smallest absolute Gasteiger partial charge is 0.205 e. The van der Waals surface area contributed by atoms with Gasteiger partial charge in [0, 0.05) is 52.5 Å². The van der Waals surface area contributed by atoms with Gasteiger partial charge in [0.25, 0.3) is 0 Å². The van der Waals surface area contributed by atoms with E-state index in [2.05, 4.69) is 154 Å². The highest BCUT2D eigenvalue weighted by Crippen LogP contribution is 2.37. The summed E-state index contributed by atoms with van der Waals surface area (Å²) in [7, 11) is -2.86. The fourth-order valence-electron chi connectivity index (χ4n) is 8.17. The summed E-state index contributed by atoms with van der Waals surface area (Å²) in [5.41, 5.74) is 6.47. The van der Waals surface area contributed by atoms with E-state index < -0.39 is 8.07 Å². The first-order valence-corrected chi connectivity index (χ1v) is 20.2. The third-order valence-electron chi connectivity index (χ3n) is 10.6. The first-order valence-electron chi connectivity index (χ1n) is 18.2. The first kappa shape index (κ1) is 32.9. The van der Waals surface area contributed by atoms with Gasteiger partial charge in [0.15, 0.2) is 0 Å². The Hall–Kier alpha value is -5.92. The molecule has 7 heteroatoms. The second-order valence-electron chi connectivity index (χ2n) is 16.0. The van der Waals surface area contributed by atoms with Crippen LogP contribution >= 0.6 is 0 Å². The molecule has 53 heavy (non-hydrogen) atoms. The van der Waals surface area contributed by atoms with Crippen molar-refractivity contribution in [2.24, 2.45) is 0 Å². The lowest BCUT2D eigenvalue weighted by molar-refractivity contribution is 0.481. The summed E-state index contributed by atoms with van der Waals surface area (Å²) < 4.78 is 8.96. The third kappa shape index (κ3) is 5.21. The Kier molecular flexibility index (Phi) is 7.50. The molecule has 0 saturated heterocycles. The van der Waals surface area contributed by atoms with Crippen molar-refractivity contribution in [1.82, 2.24) is 24.5 Å². The van der Waals surface area contributed by atoms with Crippen molar-refractivity contribution in [3.63, 3.8) is 0 Å². The molecule has 0 bridgehead atoms. The maximum atomic E-state index is 6.74. The maximum absolute atomic E-state index is 6.74. The van der Waals surface area contributed by atoms with Crippen LogP contribution in [0.2, 0.25) is 0 Å². The molecule has 6 heterocycles. The summed E-state index contributed by atoms with van der Waals surface area (Å²) in [5.74, 6) is 2.24. The molecule has 0 N–H and O–H groups in total. The van der Waals surface area contributed by atoms with Crippen molar-refractivity contribution in [3.8, 4) is 28.6 Å². The van der Waals surface area contributed by atoms with Crippen molar-refractivity contribution in [3.05, 3.63) is 151 Å². The zero-order valence-corrected chi connectivity index (χ0v) is 31.9. The number of ether oxygens (including phenoxy) is 1. The summed E-state index contributed by atoms with van der Waals surface area (Å²) in [6, 6.07) is 38.8. The minimum absolute atomic E-state index is 0.0184. The van der Waals surface area contributed by atoms with Crippen molar-refractivity contribution < 1.29 is 4.74 Å². The van der Waals surface area contributed by atoms with Gasteiger partial charge in [-0.1, -0.05) is 102 Å². The SMILES string of the molecule is CC(C)(C)c1ccnc(-n2c3ccncc3c3ccc(Oc4cnc5c(c4)-c4nccc(C(C)(C)C)c4[Si]5(c4ccccc4)c4ccccc4)cc32)c1. The molecule has 8 aromatic rings. The Morgan fingerprint density at radius 2 is 1.30 bits per heavy atom. The molecule has 0 aliphatic carbocycles. The standard InChI is InChI=1S/C46H41N5OSi/c1-45(2,3)30-19-23-48-41(25-30)51-39-21-22-47-29-37(39)35-18-17-31(27-40(35)51)52-32-26-36-42-43(38(20-24-49-42)46(4,5)6)53(44(36)50-28-32,33-13-9-7-10-14-33)34-15-11-8-12-16-34/h7-29H,1-6H3. The fourth-order valence-corrected chi connectivity index (χ4v) is 13.5. The lowest BCUT2D eigenvalue weighted by Crippen LogP contribution is -2.74. The molecule has 1 aliphatic heterocycles. The molecule has 0 atom stereocenters. The molecule has 0 spiro atoms.